The maximum absolute atomic E-state index is 10.8. The van der Waals surface area contributed by atoms with Crippen molar-refractivity contribution in [1.82, 2.24) is 4.90 Å². The third-order valence-electron chi connectivity index (χ3n) is 2.49. The summed E-state index contributed by atoms with van der Waals surface area (Å²) in [7, 11) is 2.01. The van der Waals surface area contributed by atoms with Gasteiger partial charge in [0.05, 0.1) is 6.61 Å². The van der Waals surface area contributed by atoms with Gasteiger partial charge >= 0.3 is 5.97 Å². The van der Waals surface area contributed by atoms with Crippen LogP contribution >= 0.6 is 11.3 Å². The molecule has 0 saturated heterocycles. The molecule has 0 spiro atoms. The van der Waals surface area contributed by atoms with Crippen LogP contribution in [0, 0.1) is 6.92 Å². The lowest BCUT2D eigenvalue weighted by molar-refractivity contribution is 0.0702. The van der Waals surface area contributed by atoms with Crippen LogP contribution in [0.5, 0.6) is 0 Å². The van der Waals surface area contributed by atoms with Gasteiger partial charge in [-0.2, -0.15) is 0 Å². The van der Waals surface area contributed by atoms with Crippen molar-refractivity contribution >= 4 is 17.3 Å². The Balaban J connectivity index is 2.52. The molecule has 1 N–H and O–H groups in total. The van der Waals surface area contributed by atoms with Gasteiger partial charge in [-0.1, -0.05) is 0 Å². The topological polar surface area (TPSA) is 49.8 Å². The highest BCUT2D eigenvalue weighted by Crippen LogP contribution is 2.22. The summed E-state index contributed by atoms with van der Waals surface area (Å²) in [5, 5.41) is 8.91. The molecule has 0 amide bonds. The summed E-state index contributed by atoms with van der Waals surface area (Å²) in [4.78, 5) is 14.5. The smallest absolute Gasteiger partial charge is 0.345 e. The Morgan fingerprint density at radius 2 is 2.29 bits per heavy atom. The zero-order valence-electron chi connectivity index (χ0n) is 10.5. The second-order valence-electron chi connectivity index (χ2n) is 3.93. The highest BCUT2D eigenvalue weighted by atomic mass is 32.1. The van der Waals surface area contributed by atoms with Crippen LogP contribution < -0.4 is 0 Å². The van der Waals surface area contributed by atoms with E-state index in [1.165, 1.54) is 11.3 Å². The van der Waals surface area contributed by atoms with Crippen LogP contribution in [-0.2, 0) is 11.3 Å². The number of carbonyl (C=O) groups is 1. The van der Waals surface area contributed by atoms with E-state index in [4.69, 9.17) is 9.84 Å². The van der Waals surface area contributed by atoms with Crippen molar-refractivity contribution in [3.05, 3.63) is 21.4 Å². The Bertz CT molecular complexity index is 376. The first-order valence-corrected chi connectivity index (χ1v) is 6.45. The standard InChI is InChI=1S/C12H19NO3S/c1-4-16-6-5-13(3)8-10-7-11(12(14)15)17-9(10)2/h7H,4-6,8H2,1-3H3,(H,14,15). The van der Waals surface area contributed by atoms with Crippen LogP contribution in [0.4, 0.5) is 0 Å². The molecule has 1 aromatic heterocycles. The van der Waals surface area contributed by atoms with Crippen molar-refractivity contribution in [2.45, 2.75) is 20.4 Å². The summed E-state index contributed by atoms with van der Waals surface area (Å²) >= 11 is 1.34. The molecule has 0 aliphatic rings. The number of hydrogen-bond donors (Lipinski definition) is 1. The summed E-state index contributed by atoms with van der Waals surface area (Å²) < 4.78 is 5.28. The zero-order valence-corrected chi connectivity index (χ0v) is 11.3. The van der Waals surface area contributed by atoms with Crippen LogP contribution in [0.3, 0.4) is 0 Å². The normalized spacial score (nSPS) is 11.1. The third kappa shape index (κ3) is 4.46. The van der Waals surface area contributed by atoms with Gasteiger partial charge in [-0.15, -0.1) is 11.3 Å². The van der Waals surface area contributed by atoms with E-state index in [9.17, 15) is 4.79 Å². The van der Waals surface area contributed by atoms with E-state index >= 15 is 0 Å². The maximum Gasteiger partial charge on any atom is 0.345 e. The fraction of sp³-hybridized carbons (Fsp3) is 0.583. The molecule has 1 aromatic rings. The molecule has 0 bridgehead atoms. The summed E-state index contributed by atoms with van der Waals surface area (Å²) in [6.45, 7) is 7.00. The Morgan fingerprint density at radius 1 is 1.59 bits per heavy atom. The molecule has 0 atom stereocenters. The second-order valence-corrected chi connectivity index (χ2v) is 5.19. The lowest BCUT2D eigenvalue weighted by Gasteiger charge is -2.16. The molecule has 4 nitrogen and oxygen atoms in total. The van der Waals surface area contributed by atoms with Gasteiger partial charge in [0.1, 0.15) is 4.88 Å². The summed E-state index contributed by atoms with van der Waals surface area (Å²) in [5.41, 5.74) is 1.09. The second kappa shape index (κ2) is 6.74. The molecule has 17 heavy (non-hydrogen) atoms. The number of aromatic carboxylic acids is 1. The number of carboxylic acids is 1. The van der Waals surface area contributed by atoms with Crippen LogP contribution in [0.15, 0.2) is 6.07 Å². The van der Waals surface area contributed by atoms with Gasteiger partial charge in [0, 0.05) is 24.6 Å². The molecule has 0 radical (unpaired) electrons. The predicted octanol–water partition coefficient (Wildman–Crippen LogP) is 2.22. The average Bonchev–Trinajstić information content (AvgIpc) is 2.61. The van der Waals surface area contributed by atoms with Gasteiger partial charge in [-0.25, -0.2) is 4.79 Å². The maximum atomic E-state index is 10.8. The summed E-state index contributed by atoms with van der Waals surface area (Å²) in [5.74, 6) is -0.846. The SMILES string of the molecule is CCOCCN(C)Cc1cc(C(=O)O)sc1C. The van der Waals surface area contributed by atoms with Crippen molar-refractivity contribution in [3.63, 3.8) is 0 Å². The quantitative estimate of drug-likeness (QED) is 0.761. The van der Waals surface area contributed by atoms with E-state index in [-0.39, 0.29) is 0 Å². The number of likely N-dealkylation sites (N-methyl/N-ethyl adjacent to an activating group) is 1. The fourth-order valence-electron chi connectivity index (χ4n) is 1.52. The highest BCUT2D eigenvalue weighted by Gasteiger charge is 2.12. The van der Waals surface area contributed by atoms with Crippen LogP contribution in [0.2, 0.25) is 0 Å². The van der Waals surface area contributed by atoms with E-state index < -0.39 is 5.97 Å². The lowest BCUT2D eigenvalue weighted by Crippen LogP contribution is -2.22. The lowest BCUT2D eigenvalue weighted by atomic mass is 10.2. The Morgan fingerprint density at radius 3 is 2.82 bits per heavy atom. The monoisotopic (exact) mass is 257 g/mol. The van der Waals surface area contributed by atoms with Crippen LogP contribution in [0.1, 0.15) is 27.0 Å². The van der Waals surface area contributed by atoms with Crippen LogP contribution in [0.25, 0.3) is 0 Å². The Labute approximate surface area is 106 Å². The minimum absolute atomic E-state index is 0.413. The number of carboxylic acid groups (broad SMARTS) is 1. The first kappa shape index (κ1) is 14.2. The van der Waals surface area contributed by atoms with Crippen molar-refractivity contribution in [3.8, 4) is 0 Å². The van der Waals surface area contributed by atoms with Gasteiger partial charge in [0.15, 0.2) is 0 Å². The van der Waals surface area contributed by atoms with E-state index in [0.717, 1.165) is 30.1 Å². The molecule has 0 unspecified atom stereocenters. The average molecular weight is 257 g/mol. The number of thiophene rings is 1. The van der Waals surface area contributed by atoms with Gasteiger partial charge in [-0.3, -0.25) is 4.90 Å². The molecule has 0 fully saturated rings. The molecule has 1 rings (SSSR count). The highest BCUT2D eigenvalue weighted by molar-refractivity contribution is 7.14. The van der Waals surface area contributed by atoms with E-state index in [2.05, 4.69) is 4.90 Å². The van der Waals surface area contributed by atoms with E-state index in [1.807, 2.05) is 20.9 Å². The molecule has 0 aromatic carbocycles. The Hall–Kier alpha value is -0.910. The number of ether oxygens (including phenoxy) is 1. The first-order chi connectivity index (χ1) is 8.04. The summed E-state index contributed by atoms with van der Waals surface area (Å²) in [6, 6.07) is 1.76. The Kier molecular flexibility index (Phi) is 5.61. The molecule has 0 aliphatic heterocycles. The molecular formula is C12H19NO3S. The van der Waals surface area contributed by atoms with Gasteiger partial charge in [-0.05, 0) is 32.5 Å². The molecule has 1 heterocycles. The number of hydrogen-bond acceptors (Lipinski definition) is 4. The van der Waals surface area contributed by atoms with E-state index in [1.54, 1.807) is 6.07 Å². The van der Waals surface area contributed by atoms with E-state index in [0.29, 0.717) is 11.5 Å². The van der Waals surface area contributed by atoms with Crippen molar-refractivity contribution < 1.29 is 14.6 Å². The molecule has 96 valence electrons. The first-order valence-electron chi connectivity index (χ1n) is 5.63. The molecule has 5 heteroatoms. The van der Waals surface area contributed by atoms with Gasteiger partial charge < -0.3 is 9.84 Å². The zero-order chi connectivity index (χ0) is 12.8. The van der Waals surface area contributed by atoms with Gasteiger partial charge in [0.2, 0.25) is 0 Å². The molecule has 0 aliphatic carbocycles. The van der Waals surface area contributed by atoms with Gasteiger partial charge in [0.25, 0.3) is 0 Å². The molecule has 0 saturated carbocycles. The van der Waals surface area contributed by atoms with Crippen LogP contribution in [-0.4, -0.2) is 42.8 Å². The minimum atomic E-state index is -0.846. The number of rotatable bonds is 7. The number of nitrogens with zero attached hydrogens (tertiary/aromatic N) is 1. The third-order valence-corrected chi connectivity index (χ3v) is 3.57. The van der Waals surface area contributed by atoms with Crippen molar-refractivity contribution in [1.29, 1.82) is 0 Å². The predicted molar refractivity (Wildman–Crippen MR) is 68.8 cm³/mol. The van der Waals surface area contributed by atoms with Crippen molar-refractivity contribution in [2.75, 3.05) is 26.8 Å². The van der Waals surface area contributed by atoms with Crippen molar-refractivity contribution in [2.24, 2.45) is 0 Å². The number of aryl methyl sites for hydroxylation is 1. The largest absolute Gasteiger partial charge is 0.477 e. The molecular weight excluding hydrogens is 238 g/mol. The summed E-state index contributed by atoms with van der Waals surface area (Å²) in [6.07, 6.45) is 0. The minimum Gasteiger partial charge on any atom is -0.477 e. The fourth-order valence-corrected chi connectivity index (χ4v) is 2.39.